The number of rotatable bonds is 5. The van der Waals surface area contributed by atoms with Crippen molar-refractivity contribution in [1.82, 2.24) is 19.8 Å². The number of methoxy groups -OCH3 is 1. The van der Waals surface area contributed by atoms with Crippen molar-refractivity contribution in [2.24, 2.45) is 4.99 Å². The van der Waals surface area contributed by atoms with E-state index in [1.807, 2.05) is 32.9 Å². The van der Waals surface area contributed by atoms with Gasteiger partial charge in [0.25, 0.3) is 0 Å². The van der Waals surface area contributed by atoms with Gasteiger partial charge in [-0.25, -0.2) is 14.8 Å². The predicted molar refractivity (Wildman–Crippen MR) is 154 cm³/mol. The van der Waals surface area contributed by atoms with Crippen molar-refractivity contribution < 1.29 is 32.2 Å². The minimum Gasteiger partial charge on any atom is -0.468 e. The van der Waals surface area contributed by atoms with Gasteiger partial charge in [0.2, 0.25) is 5.95 Å². The van der Waals surface area contributed by atoms with Crippen molar-refractivity contribution in [3.05, 3.63) is 59.6 Å². The number of piperidine rings is 1. The fraction of sp³-hybridized carbons (Fsp3) is 0.433. The maximum atomic E-state index is 13.7. The van der Waals surface area contributed by atoms with Gasteiger partial charge in [0, 0.05) is 43.3 Å². The Balaban J connectivity index is 1.49. The molecular weight excluding hydrogens is 565 g/mol. The summed E-state index contributed by atoms with van der Waals surface area (Å²) in [5.74, 6) is 4.62. The average Bonchev–Trinajstić information content (AvgIpc) is 2.95. The molecule has 0 radical (unpaired) electrons. The summed E-state index contributed by atoms with van der Waals surface area (Å²) in [5, 5.41) is 2.93. The molecule has 43 heavy (non-hydrogen) atoms. The SMILES string of the molecule is COC(=O)CN1C=CC=NC1C#Cc1nc(Nc2ccc(C3CCCN(C(=O)OC(C)(C)C)C3)cc2)ncc1C(F)(F)F. The lowest BCUT2D eigenvalue weighted by Crippen LogP contribution is -2.42. The van der Waals surface area contributed by atoms with Gasteiger partial charge < -0.3 is 24.6 Å². The van der Waals surface area contributed by atoms with E-state index in [4.69, 9.17) is 4.74 Å². The average molecular weight is 599 g/mol. The van der Waals surface area contributed by atoms with Crippen LogP contribution in [-0.2, 0) is 20.4 Å². The van der Waals surface area contributed by atoms with Crippen LogP contribution in [0.2, 0.25) is 0 Å². The van der Waals surface area contributed by atoms with Gasteiger partial charge in [-0.15, -0.1) is 0 Å². The Bertz CT molecular complexity index is 1440. The van der Waals surface area contributed by atoms with Gasteiger partial charge in [0.15, 0.2) is 6.17 Å². The minimum atomic E-state index is -4.74. The predicted octanol–water partition coefficient (Wildman–Crippen LogP) is 5.10. The topological polar surface area (TPSA) is 109 Å². The van der Waals surface area contributed by atoms with Crippen LogP contribution in [0.15, 0.2) is 47.7 Å². The zero-order valence-corrected chi connectivity index (χ0v) is 24.3. The Morgan fingerprint density at radius 1 is 1.16 bits per heavy atom. The molecule has 1 N–H and O–H groups in total. The molecule has 2 aromatic rings. The molecule has 0 spiro atoms. The first-order chi connectivity index (χ1) is 20.3. The van der Waals surface area contributed by atoms with Crippen LogP contribution >= 0.6 is 0 Å². The molecule has 1 amide bonds. The summed E-state index contributed by atoms with van der Waals surface area (Å²) in [5.41, 5.74) is -0.614. The Labute approximate surface area is 248 Å². The van der Waals surface area contributed by atoms with Crippen LogP contribution in [0.3, 0.4) is 0 Å². The minimum absolute atomic E-state index is 0.0720. The summed E-state index contributed by atoms with van der Waals surface area (Å²) >= 11 is 0. The standard InChI is InChI=1S/C30H33F3N6O4/c1-29(2,3)43-28(41)39-15-5-7-21(18-39)20-8-10-22(11-9-20)36-27-35-17-23(30(31,32)33)24(37-27)12-13-25-34-14-6-16-38(25)19-26(40)42-4/h6,8-11,14,16-17,21,25H,5,7,15,18-19H2,1-4H3,(H,35,36,37). The number of aromatic nitrogens is 2. The third kappa shape index (κ3) is 8.70. The molecule has 0 aliphatic carbocycles. The number of esters is 1. The number of hydrogen-bond acceptors (Lipinski definition) is 9. The van der Waals surface area contributed by atoms with Crippen LogP contribution in [0, 0.1) is 11.8 Å². The monoisotopic (exact) mass is 598 g/mol. The zero-order chi connectivity index (χ0) is 31.2. The number of alkyl halides is 3. The third-order valence-electron chi connectivity index (χ3n) is 6.57. The summed E-state index contributed by atoms with van der Waals surface area (Å²) in [6, 6.07) is 7.37. The summed E-state index contributed by atoms with van der Waals surface area (Å²) in [6.07, 6.45) is 1.02. The molecule has 0 saturated carbocycles. The highest BCUT2D eigenvalue weighted by molar-refractivity contribution is 5.75. The maximum Gasteiger partial charge on any atom is 0.420 e. The van der Waals surface area contributed by atoms with Gasteiger partial charge >= 0.3 is 18.2 Å². The van der Waals surface area contributed by atoms with E-state index in [0.29, 0.717) is 25.0 Å². The molecule has 1 saturated heterocycles. The highest BCUT2D eigenvalue weighted by atomic mass is 19.4. The number of aliphatic imine (C=N–C) groups is 1. The van der Waals surface area contributed by atoms with E-state index in [-0.39, 0.29) is 24.5 Å². The van der Waals surface area contributed by atoms with Gasteiger partial charge in [0.1, 0.15) is 23.4 Å². The second kappa shape index (κ2) is 13.1. The fourth-order valence-corrected chi connectivity index (χ4v) is 4.51. The third-order valence-corrected chi connectivity index (χ3v) is 6.57. The molecule has 3 heterocycles. The lowest BCUT2D eigenvalue weighted by Gasteiger charge is -2.34. The molecule has 13 heteroatoms. The van der Waals surface area contributed by atoms with Crippen molar-refractivity contribution >= 4 is 29.9 Å². The lowest BCUT2D eigenvalue weighted by atomic mass is 9.90. The molecule has 1 aromatic carbocycles. The van der Waals surface area contributed by atoms with E-state index in [9.17, 15) is 22.8 Å². The normalized spacial score (nSPS) is 18.5. The van der Waals surface area contributed by atoms with Crippen molar-refractivity contribution in [1.29, 1.82) is 0 Å². The molecule has 1 fully saturated rings. The number of carbonyl (C=O) groups is 2. The summed E-state index contributed by atoms with van der Waals surface area (Å²) < 4.78 is 51.4. The Morgan fingerprint density at radius 2 is 1.91 bits per heavy atom. The lowest BCUT2D eigenvalue weighted by molar-refractivity contribution is -0.141. The molecular formula is C30H33F3N6O4. The second-order valence-corrected chi connectivity index (χ2v) is 11.0. The second-order valence-electron chi connectivity index (χ2n) is 11.0. The molecule has 4 rings (SSSR count). The van der Waals surface area contributed by atoms with Crippen LogP contribution in [0.1, 0.15) is 56.4 Å². The van der Waals surface area contributed by atoms with Gasteiger partial charge in [-0.3, -0.25) is 9.79 Å². The first-order valence-electron chi connectivity index (χ1n) is 13.7. The quantitative estimate of drug-likeness (QED) is 0.374. The molecule has 2 aliphatic heterocycles. The number of carbonyl (C=O) groups excluding carboxylic acids is 2. The van der Waals surface area contributed by atoms with Crippen molar-refractivity contribution in [3.63, 3.8) is 0 Å². The number of amides is 1. The van der Waals surface area contributed by atoms with Gasteiger partial charge in [-0.1, -0.05) is 12.1 Å². The number of ether oxygens (including phenoxy) is 2. The number of likely N-dealkylation sites (tertiary alicyclic amines) is 1. The van der Waals surface area contributed by atoms with Crippen molar-refractivity contribution in [3.8, 4) is 11.8 Å². The Kier molecular flexibility index (Phi) is 9.58. The van der Waals surface area contributed by atoms with E-state index >= 15 is 0 Å². The van der Waals surface area contributed by atoms with Gasteiger partial charge in [-0.05, 0) is 69.2 Å². The van der Waals surface area contributed by atoms with E-state index in [2.05, 4.69) is 36.9 Å². The summed E-state index contributed by atoms with van der Waals surface area (Å²) in [7, 11) is 1.23. The molecule has 1 aromatic heterocycles. The Hall–Kier alpha value is -4.60. The van der Waals surface area contributed by atoms with Crippen LogP contribution in [0.25, 0.3) is 0 Å². The number of nitrogens with zero attached hydrogens (tertiary/aromatic N) is 5. The van der Waals surface area contributed by atoms with E-state index < -0.39 is 35.2 Å². The zero-order valence-electron chi connectivity index (χ0n) is 24.3. The summed E-state index contributed by atoms with van der Waals surface area (Å²) in [4.78, 5) is 39.4. The van der Waals surface area contributed by atoms with Crippen LogP contribution < -0.4 is 5.32 Å². The van der Waals surface area contributed by atoms with E-state index in [0.717, 1.165) is 18.4 Å². The van der Waals surface area contributed by atoms with Gasteiger partial charge in [-0.2, -0.15) is 13.2 Å². The number of anilines is 2. The number of hydrogen-bond donors (Lipinski definition) is 1. The first kappa shape index (κ1) is 31.3. The van der Waals surface area contributed by atoms with E-state index in [1.54, 1.807) is 29.3 Å². The maximum absolute atomic E-state index is 13.7. The number of halogens is 3. The fourth-order valence-electron chi connectivity index (χ4n) is 4.51. The molecule has 228 valence electrons. The van der Waals surface area contributed by atoms with Crippen LogP contribution in [0.5, 0.6) is 0 Å². The molecule has 2 atom stereocenters. The number of nitrogens with one attached hydrogen (secondary N) is 1. The smallest absolute Gasteiger partial charge is 0.420 e. The highest BCUT2D eigenvalue weighted by Crippen LogP contribution is 2.32. The number of benzene rings is 1. The highest BCUT2D eigenvalue weighted by Gasteiger charge is 2.35. The van der Waals surface area contributed by atoms with E-state index in [1.165, 1.54) is 18.2 Å². The van der Waals surface area contributed by atoms with Crippen molar-refractivity contribution in [2.45, 2.75) is 57.5 Å². The number of allylic oxidation sites excluding steroid dienone is 1. The molecule has 10 nitrogen and oxygen atoms in total. The first-order valence-corrected chi connectivity index (χ1v) is 13.7. The largest absolute Gasteiger partial charge is 0.468 e. The molecule has 0 bridgehead atoms. The van der Waals surface area contributed by atoms with Crippen LogP contribution in [0.4, 0.5) is 29.6 Å². The van der Waals surface area contributed by atoms with Crippen molar-refractivity contribution in [2.75, 3.05) is 32.1 Å². The summed E-state index contributed by atoms with van der Waals surface area (Å²) in [6.45, 7) is 6.48. The van der Waals surface area contributed by atoms with Gasteiger partial charge in [0.05, 0.1) is 7.11 Å². The Morgan fingerprint density at radius 3 is 2.58 bits per heavy atom. The molecule has 2 unspecified atom stereocenters. The van der Waals surface area contributed by atoms with Crippen LogP contribution in [-0.4, -0.2) is 76.6 Å². The molecule has 2 aliphatic rings.